The molecule has 76 valence electrons. The lowest BCUT2D eigenvalue weighted by molar-refractivity contribution is 0.0874. The Balaban J connectivity index is 2.11. The molecule has 1 aromatic heterocycles. The maximum Gasteiger partial charge on any atom is 0.202 e. The van der Waals surface area contributed by atoms with Gasteiger partial charge >= 0.3 is 0 Å². The molecule has 0 aliphatic heterocycles. The molecule has 2 rings (SSSR count). The molecule has 4 nitrogen and oxygen atoms in total. The van der Waals surface area contributed by atoms with E-state index in [1.165, 1.54) is 25.6 Å². The van der Waals surface area contributed by atoms with Crippen LogP contribution in [0.5, 0.6) is 0 Å². The summed E-state index contributed by atoms with van der Waals surface area (Å²) in [6, 6.07) is 0. The van der Waals surface area contributed by atoms with E-state index >= 15 is 0 Å². The Labute approximate surface area is 83.3 Å². The summed E-state index contributed by atoms with van der Waals surface area (Å²) in [4.78, 5) is 16.0. The molecule has 1 aromatic rings. The van der Waals surface area contributed by atoms with Gasteiger partial charge in [-0.2, -0.15) is 5.10 Å². The van der Waals surface area contributed by atoms with Crippen LogP contribution in [0.4, 0.5) is 0 Å². The maximum atomic E-state index is 12.0. The van der Waals surface area contributed by atoms with Gasteiger partial charge in [0.2, 0.25) is 5.78 Å². The van der Waals surface area contributed by atoms with E-state index in [1.807, 2.05) is 0 Å². The Morgan fingerprint density at radius 3 is 2.71 bits per heavy atom. The minimum absolute atomic E-state index is 0.171. The number of aromatic nitrogens is 3. The number of hydrogen-bond donors (Lipinski definition) is 0. The van der Waals surface area contributed by atoms with Crippen LogP contribution >= 0.6 is 0 Å². The summed E-state index contributed by atoms with van der Waals surface area (Å²) in [6.07, 6.45) is 7.10. The van der Waals surface area contributed by atoms with Crippen LogP contribution in [0.2, 0.25) is 0 Å². The molecule has 0 aromatic carbocycles. The molecule has 0 atom stereocenters. The van der Waals surface area contributed by atoms with Crippen molar-refractivity contribution in [2.24, 2.45) is 13.0 Å². The fourth-order valence-corrected chi connectivity index (χ4v) is 2.07. The third-order valence-corrected chi connectivity index (χ3v) is 2.91. The second kappa shape index (κ2) is 3.90. The molecule has 1 heterocycles. The highest BCUT2D eigenvalue weighted by molar-refractivity contribution is 5.94. The zero-order valence-electron chi connectivity index (χ0n) is 8.44. The van der Waals surface area contributed by atoms with Crippen molar-refractivity contribution >= 4 is 5.78 Å². The molecule has 1 fully saturated rings. The fraction of sp³-hybridized carbons (Fsp3) is 0.700. The third kappa shape index (κ3) is 1.69. The van der Waals surface area contributed by atoms with Crippen LogP contribution in [0, 0.1) is 5.92 Å². The summed E-state index contributed by atoms with van der Waals surface area (Å²) in [5.74, 6) is 0.869. The molecular weight excluding hydrogens is 178 g/mol. The van der Waals surface area contributed by atoms with Crippen LogP contribution in [0.15, 0.2) is 6.33 Å². The average molecular weight is 193 g/mol. The number of nitrogens with zero attached hydrogens (tertiary/aromatic N) is 3. The molecule has 14 heavy (non-hydrogen) atoms. The molecular formula is C10H15N3O. The molecule has 0 saturated heterocycles. The zero-order valence-corrected chi connectivity index (χ0v) is 8.44. The van der Waals surface area contributed by atoms with Crippen molar-refractivity contribution in [3.05, 3.63) is 12.2 Å². The molecule has 4 heteroatoms. The number of Topliss-reactive ketones (excluding diaryl/α,β-unsaturated/α-hetero) is 1. The summed E-state index contributed by atoms with van der Waals surface area (Å²) in [5, 5.41) is 3.92. The first-order valence-corrected chi connectivity index (χ1v) is 5.17. The minimum Gasteiger partial charge on any atom is -0.290 e. The largest absolute Gasteiger partial charge is 0.290 e. The van der Waals surface area contributed by atoms with Gasteiger partial charge in [-0.25, -0.2) is 9.67 Å². The van der Waals surface area contributed by atoms with Crippen molar-refractivity contribution < 1.29 is 4.79 Å². The molecule has 1 aliphatic carbocycles. The second-order valence-electron chi connectivity index (χ2n) is 3.91. The van der Waals surface area contributed by atoms with Gasteiger partial charge in [-0.1, -0.05) is 19.3 Å². The third-order valence-electron chi connectivity index (χ3n) is 2.91. The number of carbonyl (C=O) groups excluding carboxylic acids is 1. The van der Waals surface area contributed by atoms with Gasteiger partial charge in [0.25, 0.3) is 0 Å². The van der Waals surface area contributed by atoms with Crippen LogP contribution in [0.1, 0.15) is 42.7 Å². The molecule has 0 bridgehead atoms. The van der Waals surface area contributed by atoms with Crippen molar-refractivity contribution in [2.45, 2.75) is 32.1 Å². The topological polar surface area (TPSA) is 47.8 Å². The van der Waals surface area contributed by atoms with Gasteiger partial charge < -0.3 is 0 Å². The number of hydrogen-bond acceptors (Lipinski definition) is 3. The molecule has 0 radical (unpaired) electrons. The van der Waals surface area contributed by atoms with Crippen LogP contribution in [-0.2, 0) is 7.05 Å². The second-order valence-corrected chi connectivity index (χ2v) is 3.91. The standard InChI is InChI=1S/C10H15N3O/c1-13-10(11-7-12-13)9(14)8-5-3-2-4-6-8/h7-8H,2-6H2,1H3. The summed E-state index contributed by atoms with van der Waals surface area (Å²) in [5.41, 5.74) is 0. The van der Waals surface area contributed by atoms with Gasteiger partial charge in [-0.3, -0.25) is 4.79 Å². The van der Waals surface area contributed by atoms with E-state index in [2.05, 4.69) is 10.1 Å². The van der Waals surface area contributed by atoms with Gasteiger partial charge in [0, 0.05) is 13.0 Å². The predicted octanol–water partition coefficient (Wildman–Crippen LogP) is 1.58. The summed E-state index contributed by atoms with van der Waals surface area (Å²) < 4.78 is 1.57. The van der Waals surface area contributed by atoms with Gasteiger partial charge in [0.1, 0.15) is 6.33 Å². The Morgan fingerprint density at radius 1 is 1.43 bits per heavy atom. The van der Waals surface area contributed by atoms with Crippen molar-refractivity contribution in [1.82, 2.24) is 14.8 Å². The Kier molecular flexibility index (Phi) is 2.61. The lowest BCUT2D eigenvalue weighted by Crippen LogP contribution is -2.21. The molecule has 0 amide bonds. The summed E-state index contributed by atoms with van der Waals surface area (Å²) in [7, 11) is 1.77. The van der Waals surface area contributed by atoms with E-state index in [1.54, 1.807) is 11.7 Å². The van der Waals surface area contributed by atoms with Crippen LogP contribution < -0.4 is 0 Å². The Hall–Kier alpha value is -1.19. The number of aryl methyl sites for hydroxylation is 1. The van der Waals surface area contributed by atoms with E-state index in [0.717, 1.165) is 12.8 Å². The minimum atomic E-state index is 0.171. The summed E-state index contributed by atoms with van der Waals surface area (Å²) >= 11 is 0. The first-order chi connectivity index (χ1) is 6.79. The Bertz CT molecular complexity index is 326. The highest BCUT2D eigenvalue weighted by Crippen LogP contribution is 2.25. The smallest absolute Gasteiger partial charge is 0.202 e. The van der Waals surface area contributed by atoms with E-state index in [0.29, 0.717) is 5.82 Å². The predicted molar refractivity (Wildman–Crippen MR) is 51.9 cm³/mol. The van der Waals surface area contributed by atoms with E-state index < -0.39 is 0 Å². The van der Waals surface area contributed by atoms with Gasteiger partial charge in [0.05, 0.1) is 0 Å². The SMILES string of the molecule is Cn1ncnc1C(=O)C1CCCCC1. The first kappa shape index (κ1) is 9.37. The number of carbonyl (C=O) groups is 1. The molecule has 1 saturated carbocycles. The quantitative estimate of drug-likeness (QED) is 0.670. The Morgan fingerprint density at radius 2 is 2.14 bits per heavy atom. The lowest BCUT2D eigenvalue weighted by atomic mass is 9.86. The van der Waals surface area contributed by atoms with E-state index in [9.17, 15) is 4.79 Å². The van der Waals surface area contributed by atoms with Crippen molar-refractivity contribution in [3.8, 4) is 0 Å². The molecule has 0 unspecified atom stereocenters. The number of ketones is 1. The van der Waals surface area contributed by atoms with E-state index in [4.69, 9.17) is 0 Å². The van der Waals surface area contributed by atoms with Crippen LogP contribution in [0.25, 0.3) is 0 Å². The maximum absolute atomic E-state index is 12.0. The van der Waals surface area contributed by atoms with Crippen molar-refractivity contribution in [2.75, 3.05) is 0 Å². The lowest BCUT2D eigenvalue weighted by Gasteiger charge is -2.19. The monoisotopic (exact) mass is 193 g/mol. The van der Waals surface area contributed by atoms with Gasteiger partial charge in [0.15, 0.2) is 5.82 Å². The summed E-state index contributed by atoms with van der Waals surface area (Å²) in [6.45, 7) is 0. The molecule has 0 N–H and O–H groups in total. The highest BCUT2D eigenvalue weighted by atomic mass is 16.1. The van der Waals surface area contributed by atoms with E-state index in [-0.39, 0.29) is 11.7 Å². The highest BCUT2D eigenvalue weighted by Gasteiger charge is 2.25. The number of rotatable bonds is 2. The zero-order chi connectivity index (χ0) is 9.97. The van der Waals surface area contributed by atoms with Crippen LogP contribution in [-0.4, -0.2) is 20.5 Å². The van der Waals surface area contributed by atoms with Crippen molar-refractivity contribution in [3.63, 3.8) is 0 Å². The van der Waals surface area contributed by atoms with Gasteiger partial charge in [-0.15, -0.1) is 0 Å². The fourth-order valence-electron chi connectivity index (χ4n) is 2.07. The van der Waals surface area contributed by atoms with Crippen LogP contribution in [0.3, 0.4) is 0 Å². The first-order valence-electron chi connectivity index (χ1n) is 5.17. The average Bonchev–Trinajstić information content (AvgIpc) is 2.65. The normalized spacial score (nSPS) is 18.4. The molecule has 0 spiro atoms. The van der Waals surface area contributed by atoms with Gasteiger partial charge in [-0.05, 0) is 12.8 Å². The van der Waals surface area contributed by atoms with Crippen molar-refractivity contribution in [1.29, 1.82) is 0 Å². The molecule has 1 aliphatic rings.